The van der Waals surface area contributed by atoms with Crippen LogP contribution in [0.3, 0.4) is 0 Å². The summed E-state index contributed by atoms with van der Waals surface area (Å²) in [6, 6.07) is 17.0. The van der Waals surface area contributed by atoms with Gasteiger partial charge in [0.15, 0.2) is 17.2 Å². The Hall–Kier alpha value is -3.52. The van der Waals surface area contributed by atoms with E-state index < -0.39 is 65.5 Å². The standard InChI is InChI=1S/C29H29BrN2O9/c30-12-11-19-16-32(28(39)31-27(19)38)22-15-29(40,25(37)21(34)14-18-9-5-2-6-10-18)26(41-22)24(36)23(35)20(33)13-17-7-3-1-4-8-17/h1-12,16,20-22,24,26,33-34,36,40H,13-15H2,(H,31,38,39)/b12-11+/t20?,21?,22-,24?,26-,29-/m1/s1. The fourth-order valence-corrected chi connectivity index (χ4v) is 5.14. The normalized spacial score (nSPS) is 22.9. The Kier molecular flexibility index (Phi) is 9.64. The highest BCUT2D eigenvalue weighted by Crippen LogP contribution is 2.40. The average molecular weight is 629 g/mol. The quantitative estimate of drug-likeness (QED) is 0.203. The van der Waals surface area contributed by atoms with Gasteiger partial charge in [0, 0.05) is 25.5 Å². The molecule has 5 N–H and O–H groups in total. The van der Waals surface area contributed by atoms with Crippen LogP contribution >= 0.6 is 15.9 Å². The molecule has 0 radical (unpaired) electrons. The number of aromatic amines is 1. The first-order valence-electron chi connectivity index (χ1n) is 12.7. The maximum Gasteiger partial charge on any atom is 0.330 e. The number of aromatic nitrogens is 2. The number of hydrogen-bond donors (Lipinski definition) is 5. The van der Waals surface area contributed by atoms with E-state index >= 15 is 0 Å². The van der Waals surface area contributed by atoms with Crippen LogP contribution < -0.4 is 11.2 Å². The van der Waals surface area contributed by atoms with Crippen molar-refractivity contribution in [1.82, 2.24) is 9.55 Å². The summed E-state index contributed by atoms with van der Waals surface area (Å²) in [5.41, 5.74) is -3.08. The largest absolute Gasteiger partial charge is 0.385 e. The number of aliphatic hydroxyl groups excluding tert-OH is 3. The molecule has 0 spiro atoms. The van der Waals surface area contributed by atoms with Crippen LogP contribution in [-0.4, -0.2) is 71.6 Å². The Bertz CT molecular complexity index is 1520. The smallest absolute Gasteiger partial charge is 0.330 e. The van der Waals surface area contributed by atoms with E-state index in [1.54, 1.807) is 60.7 Å². The zero-order valence-electron chi connectivity index (χ0n) is 21.7. The lowest BCUT2D eigenvalue weighted by atomic mass is 9.81. The summed E-state index contributed by atoms with van der Waals surface area (Å²) in [6.45, 7) is 0. The Labute approximate surface area is 242 Å². The Morgan fingerprint density at radius 2 is 1.56 bits per heavy atom. The molecule has 1 aliphatic heterocycles. The Morgan fingerprint density at radius 3 is 2.12 bits per heavy atom. The van der Waals surface area contributed by atoms with E-state index in [4.69, 9.17) is 4.74 Å². The highest BCUT2D eigenvalue weighted by molar-refractivity contribution is 9.11. The summed E-state index contributed by atoms with van der Waals surface area (Å²) < 4.78 is 6.67. The van der Waals surface area contributed by atoms with Gasteiger partial charge in [-0.3, -0.25) is 23.9 Å². The van der Waals surface area contributed by atoms with E-state index in [0.29, 0.717) is 11.1 Å². The van der Waals surface area contributed by atoms with Crippen molar-refractivity contribution >= 4 is 33.6 Å². The van der Waals surface area contributed by atoms with Gasteiger partial charge in [-0.25, -0.2) is 4.79 Å². The maximum atomic E-state index is 13.5. The Balaban J connectivity index is 1.67. The number of ketones is 2. The van der Waals surface area contributed by atoms with Crippen molar-refractivity contribution in [2.24, 2.45) is 0 Å². The third-order valence-electron chi connectivity index (χ3n) is 6.99. The number of hydrogen-bond acceptors (Lipinski definition) is 9. The molecule has 2 heterocycles. The number of benzene rings is 2. The van der Waals surface area contributed by atoms with Crippen LogP contribution in [0.5, 0.6) is 0 Å². The van der Waals surface area contributed by atoms with Gasteiger partial charge in [0.2, 0.25) is 0 Å². The molecule has 1 aliphatic rings. The molecule has 6 atom stereocenters. The van der Waals surface area contributed by atoms with Gasteiger partial charge in [-0.05, 0) is 22.2 Å². The van der Waals surface area contributed by atoms with Crippen LogP contribution in [0.2, 0.25) is 0 Å². The molecule has 1 fully saturated rings. The third-order valence-corrected chi connectivity index (χ3v) is 7.25. The van der Waals surface area contributed by atoms with Gasteiger partial charge in [0.05, 0.1) is 5.56 Å². The van der Waals surface area contributed by atoms with E-state index in [1.807, 2.05) is 0 Å². The second kappa shape index (κ2) is 13.0. The average Bonchev–Trinajstić information content (AvgIpc) is 3.32. The lowest BCUT2D eigenvalue weighted by molar-refractivity contribution is -0.169. The van der Waals surface area contributed by atoms with E-state index in [2.05, 4.69) is 20.9 Å². The van der Waals surface area contributed by atoms with Gasteiger partial charge >= 0.3 is 5.69 Å². The fourth-order valence-electron chi connectivity index (χ4n) is 4.86. The van der Waals surface area contributed by atoms with Crippen molar-refractivity contribution in [3.63, 3.8) is 0 Å². The van der Waals surface area contributed by atoms with Crippen molar-refractivity contribution in [2.75, 3.05) is 0 Å². The van der Waals surface area contributed by atoms with Gasteiger partial charge in [-0.15, -0.1) is 0 Å². The Morgan fingerprint density at radius 1 is 1.00 bits per heavy atom. The zero-order valence-corrected chi connectivity index (χ0v) is 23.3. The SMILES string of the molecule is O=C(C(O)Cc1ccccc1)C(O)[C@H]1O[C@@H](n2cc(/C=C/Br)c(=O)[nH]c2=O)C[C@@]1(O)C(=O)C(O)Cc1ccccc1. The number of Topliss-reactive ketones (excluding diaryl/α,β-unsaturated/α-hetero) is 2. The molecule has 11 nitrogen and oxygen atoms in total. The predicted molar refractivity (Wildman–Crippen MR) is 151 cm³/mol. The van der Waals surface area contributed by atoms with Crippen LogP contribution in [0.15, 0.2) is 81.4 Å². The molecule has 12 heteroatoms. The second-order valence-corrected chi connectivity index (χ2v) is 10.3. The second-order valence-electron chi connectivity index (χ2n) is 9.81. The first-order valence-corrected chi connectivity index (χ1v) is 13.7. The highest BCUT2D eigenvalue weighted by Gasteiger charge is 2.59. The van der Waals surface area contributed by atoms with Gasteiger partial charge in [-0.2, -0.15) is 0 Å². The number of carbonyl (C=O) groups excluding carboxylic acids is 2. The van der Waals surface area contributed by atoms with Gasteiger partial charge in [0.25, 0.3) is 5.56 Å². The molecule has 216 valence electrons. The number of nitrogens with zero attached hydrogens (tertiary/aromatic N) is 1. The van der Waals surface area contributed by atoms with Gasteiger partial charge < -0.3 is 25.2 Å². The molecule has 3 unspecified atom stereocenters. The summed E-state index contributed by atoms with van der Waals surface area (Å²) in [5, 5.41) is 44.1. The van der Waals surface area contributed by atoms with Crippen molar-refractivity contribution in [1.29, 1.82) is 0 Å². The minimum Gasteiger partial charge on any atom is -0.385 e. The van der Waals surface area contributed by atoms with Crippen molar-refractivity contribution in [2.45, 2.75) is 55.5 Å². The molecule has 1 aromatic heterocycles. The molecule has 0 saturated carbocycles. The lowest BCUT2D eigenvalue weighted by Gasteiger charge is -2.31. The van der Waals surface area contributed by atoms with Crippen LogP contribution in [0.4, 0.5) is 0 Å². The summed E-state index contributed by atoms with van der Waals surface area (Å²) in [7, 11) is 0. The molecule has 3 aromatic rings. The number of nitrogens with one attached hydrogen (secondary N) is 1. The van der Waals surface area contributed by atoms with Crippen molar-refractivity contribution in [3.05, 3.63) is 109 Å². The zero-order chi connectivity index (χ0) is 29.7. The highest BCUT2D eigenvalue weighted by atomic mass is 79.9. The lowest BCUT2D eigenvalue weighted by Crippen LogP contribution is -2.58. The number of aliphatic hydroxyl groups is 4. The number of carbonyl (C=O) groups is 2. The van der Waals surface area contributed by atoms with E-state index in [1.165, 1.54) is 11.1 Å². The molecule has 1 saturated heterocycles. The number of halogens is 1. The molecule has 4 rings (SSSR count). The van der Waals surface area contributed by atoms with E-state index in [-0.39, 0.29) is 18.4 Å². The van der Waals surface area contributed by atoms with Crippen LogP contribution in [0.1, 0.15) is 29.3 Å². The minimum atomic E-state index is -2.65. The fraction of sp³-hybridized carbons (Fsp3) is 0.310. The van der Waals surface area contributed by atoms with E-state index in [9.17, 15) is 39.6 Å². The molecule has 2 aromatic carbocycles. The van der Waals surface area contributed by atoms with Crippen molar-refractivity contribution < 1.29 is 34.8 Å². The molecule has 0 bridgehead atoms. The molecule has 41 heavy (non-hydrogen) atoms. The van der Waals surface area contributed by atoms with E-state index in [0.717, 1.165) is 10.8 Å². The number of ether oxygens (including phenoxy) is 1. The van der Waals surface area contributed by atoms with Gasteiger partial charge in [-0.1, -0.05) is 76.6 Å². The van der Waals surface area contributed by atoms with Crippen molar-refractivity contribution in [3.8, 4) is 0 Å². The van der Waals surface area contributed by atoms with Crippen LogP contribution in [0, 0.1) is 0 Å². The first kappa shape index (κ1) is 30.4. The number of rotatable bonds is 11. The number of H-pyrrole nitrogens is 1. The summed E-state index contributed by atoms with van der Waals surface area (Å²) >= 11 is 3.05. The third kappa shape index (κ3) is 6.70. The van der Waals surface area contributed by atoms with Crippen LogP contribution in [0.25, 0.3) is 6.08 Å². The summed E-state index contributed by atoms with van der Waals surface area (Å²) in [6.07, 6.45) is -7.58. The molecule has 0 aliphatic carbocycles. The van der Waals surface area contributed by atoms with Gasteiger partial charge in [0.1, 0.15) is 30.6 Å². The predicted octanol–water partition coefficient (Wildman–Crippen LogP) is 0.627. The molecular formula is C29H29BrN2O9. The summed E-state index contributed by atoms with van der Waals surface area (Å²) in [4.78, 5) is 54.9. The maximum absolute atomic E-state index is 13.5. The first-order chi connectivity index (χ1) is 19.5. The molecule has 0 amide bonds. The summed E-state index contributed by atoms with van der Waals surface area (Å²) in [5.74, 6) is -2.27. The molecular weight excluding hydrogens is 600 g/mol. The topological polar surface area (TPSA) is 179 Å². The monoisotopic (exact) mass is 628 g/mol. The minimum absolute atomic E-state index is 0.0300. The van der Waals surface area contributed by atoms with Crippen LogP contribution in [-0.2, 0) is 27.2 Å².